The first-order valence-corrected chi connectivity index (χ1v) is 3.69. The van der Waals surface area contributed by atoms with Gasteiger partial charge in [0, 0.05) is 19.1 Å². The van der Waals surface area contributed by atoms with E-state index in [0.29, 0.717) is 12.0 Å². The van der Waals surface area contributed by atoms with E-state index in [1.807, 2.05) is 0 Å². The van der Waals surface area contributed by atoms with Crippen LogP contribution in [0.15, 0.2) is 11.6 Å². The van der Waals surface area contributed by atoms with Crippen LogP contribution in [0.3, 0.4) is 0 Å². The second-order valence-electron chi connectivity index (χ2n) is 2.67. The van der Waals surface area contributed by atoms with Gasteiger partial charge < -0.3 is 9.84 Å². The standard InChI is InChI=1S/C8H12O3/c1-11-7-4-2-3-6(5-7)8(9)10/h3,7H,2,4-5H2,1H3,(H,9,10). The Kier molecular flexibility index (Phi) is 2.65. The molecule has 1 atom stereocenters. The van der Waals surface area contributed by atoms with Crippen molar-refractivity contribution >= 4 is 5.97 Å². The summed E-state index contributed by atoms with van der Waals surface area (Å²) in [5.41, 5.74) is 0.489. The van der Waals surface area contributed by atoms with Gasteiger partial charge in [0.25, 0.3) is 0 Å². The van der Waals surface area contributed by atoms with Crippen molar-refractivity contribution in [2.24, 2.45) is 0 Å². The molecule has 1 aliphatic rings. The number of hydrogen-bond acceptors (Lipinski definition) is 2. The molecule has 11 heavy (non-hydrogen) atoms. The minimum atomic E-state index is -0.813. The molecular weight excluding hydrogens is 144 g/mol. The SMILES string of the molecule is COC1CCC=C(C(=O)O)C1. The first-order valence-electron chi connectivity index (χ1n) is 3.69. The summed E-state index contributed by atoms with van der Waals surface area (Å²) in [4.78, 5) is 10.5. The molecule has 0 aliphatic heterocycles. The Labute approximate surface area is 65.7 Å². The minimum absolute atomic E-state index is 0.103. The Morgan fingerprint density at radius 1 is 1.82 bits per heavy atom. The Balaban J connectivity index is 2.55. The van der Waals surface area contributed by atoms with Gasteiger partial charge in [0.05, 0.1) is 6.10 Å². The molecular formula is C8H12O3. The maximum absolute atomic E-state index is 10.5. The zero-order valence-corrected chi connectivity index (χ0v) is 6.54. The monoisotopic (exact) mass is 156 g/mol. The lowest BCUT2D eigenvalue weighted by atomic mass is 9.97. The lowest BCUT2D eigenvalue weighted by molar-refractivity contribution is -0.133. The Morgan fingerprint density at radius 2 is 2.55 bits per heavy atom. The van der Waals surface area contributed by atoms with Crippen LogP contribution >= 0.6 is 0 Å². The summed E-state index contributed by atoms with van der Waals surface area (Å²) < 4.78 is 5.07. The van der Waals surface area contributed by atoms with Crippen LogP contribution in [-0.4, -0.2) is 24.3 Å². The molecule has 0 amide bonds. The molecule has 3 heteroatoms. The van der Waals surface area contributed by atoms with Gasteiger partial charge >= 0.3 is 5.97 Å². The highest BCUT2D eigenvalue weighted by atomic mass is 16.5. The molecule has 62 valence electrons. The average Bonchev–Trinajstić information content (AvgIpc) is 2.05. The van der Waals surface area contributed by atoms with Gasteiger partial charge in [0.2, 0.25) is 0 Å². The summed E-state index contributed by atoms with van der Waals surface area (Å²) in [7, 11) is 1.62. The number of ether oxygens (including phenoxy) is 1. The topological polar surface area (TPSA) is 46.5 Å². The molecule has 1 unspecified atom stereocenters. The predicted octanol–water partition coefficient (Wildman–Crippen LogP) is 1.20. The van der Waals surface area contributed by atoms with Gasteiger partial charge in [-0.15, -0.1) is 0 Å². The number of carbonyl (C=O) groups is 1. The fourth-order valence-electron chi connectivity index (χ4n) is 1.25. The van der Waals surface area contributed by atoms with Crippen molar-refractivity contribution in [2.75, 3.05) is 7.11 Å². The van der Waals surface area contributed by atoms with E-state index >= 15 is 0 Å². The van der Waals surface area contributed by atoms with Crippen molar-refractivity contribution < 1.29 is 14.6 Å². The molecule has 0 fully saturated rings. The predicted molar refractivity (Wildman–Crippen MR) is 40.4 cm³/mol. The van der Waals surface area contributed by atoms with Crippen LogP contribution in [0.2, 0.25) is 0 Å². The fourth-order valence-corrected chi connectivity index (χ4v) is 1.25. The highest BCUT2D eigenvalue weighted by Crippen LogP contribution is 2.20. The van der Waals surface area contributed by atoms with Crippen LogP contribution in [0.4, 0.5) is 0 Å². The summed E-state index contributed by atoms with van der Waals surface area (Å²) in [5.74, 6) is -0.813. The van der Waals surface area contributed by atoms with Crippen molar-refractivity contribution in [1.82, 2.24) is 0 Å². The van der Waals surface area contributed by atoms with Gasteiger partial charge in [-0.1, -0.05) is 6.08 Å². The Hall–Kier alpha value is -0.830. The smallest absolute Gasteiger partial charge is 0.331 e. The third kappa shape index (κ3) is 2.05. The molecule has 0 aromatic carbocycles. The minimum Gasteiger partial charge on any atom is -0.478 e. The largest absolute Gasteiger partial charge is 0.478 e. The number of allylic oxidation sites excluding steroid dienone is 1. The maximum atomic E-state index is 10.5. The third-order valence-corrected chi connectivity index (χ3v) is 1.93. The molecule has 3 nitrogen and oxygen atoms in total. The number of aliphatic carboxylic acids is 1. The van der Waals surface area contributed by atoms with E-state index in [1.54, 1.807) is 13.2 Å². The van der Waals surface area contributed by atoms with Crippen LogP contribution in [-0.2, 0) is 9.53 Å². The van der Waals surface area contributed by atoms with E-state index in [4.69, 9.17) is 9.84 Å². The molecule has 0 radical (unpaired) electrons. The molecule has 0 bridgehead atoms. The van der Waals surface area contributed by atoms with Crippen LogP contribution < -0.4 is 0 Å². The molecule has 0 saturated heterocycles. The lowest BCUT2D eigenvalue weighted by Crippen LogP contribution is -2.18. The number of hydrogen-bond donors (Lipinski definition) is 1. The van der Waals surface area contributed by atoms with Crippen LogP contribution in [0.1, 0.15) is 19.3 Å². The van der Waals surface area contributed by atoms with Crippen molar-refractivity contribution in [3.63, 3.8) is 0 Å². The molecule has 0 aromatic rings. The lowest BCUT2D eigenvalue weighted by Gasteiger charge is -2.18. The first kappa shape index (κ1) is 8.27. The second kappa shape index (κ2) is 3.53. The maximum Gasteiger partial charge on any atom is 0.331 e. The van der Waals surface area contributed by atoms with Crippen LogP contribution in [0, 0.1) is 0 Å². The average molecular weight is 156 g/mol. The zero-order chi connectivity index (χ0) is 8.27. The summed E-state index contributed by atoms with van der Waals surface area (Å²) >= 11 is 0. The van der Waals surface area contributed by atoms with Gasteiger partial charge in [-0.25, -0.2) is 4.79 Å². The zero-order valence-electron chi connectivity index (χ0n) is 6.54. The molecule has 1 N–H and O–H groups in total. The summed E-state index contributed by atoms with van der Waals surface area (Å²) in [5, 5.41) is 8.63. The van der Waals surface area contributed by atoms with Gasteiger partial charge in [0.1, 0.15) is 0 Å². The number of rotatable bonds is 2. The molecule has 1 aliphatic carbocycles. The number of carboxylic acid groups (broad SMARTS) is 1. The van der Waals surface area contributed by atoms with E-state index in [2.05, 4.69) is 0 Å². The summed E-state index contributed by atoms with van der Waals surface area (Å²) in [6, 6.07) is 0. The van der Waals surface area contributed by atoms with Crippen molar-refractivity contribution in [3.05, 3.63) is 11.6 Å². The van der Waals surface area contributed by atoms with Gasteiger partial charge in [-0.2, -0.15) is 0 Å². The van der Waals surface area contributed by atoms with Crippen molar-refractivity contribution in [1.29, 1.82) is 0 Å². The highest BCUT2D eigenvalue weighted by molar-refractivity contribution is 5.86. The highest BCUT2D eigenvalue weighted by Gasteiger charge is 2.18. The molecule has 0 heterocycles. The Morgan fingerprint density at radius 3 is 3.09 bits per heavy atom. The molecule has 0 saturated carbocycles. The van der Waals surface area contributed by atoms with E-state index < -0.39 is 5.97 Å². The summed E-state index contributed by atoms with van der Waals surface area (Å²) in [6.45, 7) is 0. The normalized spacial score (nSPS) is 24.5. The Bertz CT molecular complexity index is 184. The van der Waals surface area contributed by atoms with E-state index in [9.17, 15) is 4.79 Å². The number of carboxylic acids is 1. The molecule has 0 aromatic heterocycles. The van der Waals surface area contributed by atoms with Gasteiger partial charge in [-0.05, 0) is 12.8 Å². The first-order chi connectivity index (χ1) is 5.24. The second-order valence-corrected chi connectivity index (χ2v) is 2.67. The van der Waals surface area contributed by atoms with Crippen LogP contribution in [0.25, 0.3) is 0 Å². The van der Waals surface area contributed by atoms with E-state index in [1.165, 1.54) is 0 Å². The molecule has 0 spiro atoms. The van der Waals surface area contributed by atoms with E-state index in [0.717, 1.165) is 12.8 Å². The van der Waals surface area contributed by atoms with E-state index in [-0.39, 0.29) is 6.10 Å². The fraction of sp³-hybridized carbons (Fsp3) is 0.625. The quantitative estimate of drug-likeness (QED) is 0.653. The molecule has 1 rings (SSSR count). The number of methoxy groups -OCH3 is 1. The van der Waals surface area contributed by atoms with Crippen LogP contribution in [0.5, 0.6) is 0 Å². The van der Waals surface area contributed by atoms with Gasteiger partial charge in [0.15, 0.2) is 0 Å². The van der Waals surface area contributed by atoms with Crippen molar-refractivity contribution in [2.45, 2.75) is 25.4 Å². The summed E-state index contributed by atoms with van der Waals surface area (Å²) in [6.07, 6.45) is 4.18. The third-order valence-electron chi connectivity index (χ3n) is 1.93. The van der Waals surface area contributed by atoms with Crippen molar-refractivity contribution in [3.8, 4) is 0 Å². The van der Waals surface area contributed by atoms with Gasteiger partial charge in [-0.3, -0.25) is 0 Å².